The lowest BCUT2D eigenvalue weighted by molar-refractivity contribution is -0.126. The number of piperidine rings is 1. The van der Waals surface area contributed by atoms with Gasteiger partial charge in [-0.1, -0.05) is 30.3 Å². The molecule has 5 nitrogen and oxygen atoms in total. The number of likely N-dealkylation sites (tertiary alicyclic amines) is 1. The van der Waals surface area contributed by atoms with Crippen molar-refractivity contribution in [2.45, 2.75) is 19.3 Å². The van der Waals surface area contributed by atoms with Gasteiger partial charge in [0.2, 0.25) is 5.91 Å². The Bertz CT molecular complexity index is 682. The molecule has 2 amide bonds. The lowest BCUT2D eigenvalue weighted by Crippen LogP contribution is -2.48. The second-order valence-electron chi connectivity index (χ2n) is 6.16. The molecule has 2 heterocycles. The standard InChI is InChI=1S/C19H22N2O3/c1-2-20-18(22)17-10-16(14-6-4-3-5-7-14)11-21(12-17)19(23)15-8-9-24-13-15/h3-9,13,16-17H,2,10-12H2,1H3,(H,20,22)/t16-,17-/m0/s1. The van der Waals surface area contributed by atoms with Gasteiger partial charge in [0, 0.05) is 25.6 Å². The first-order chi connectivity index (χ1) is 11.7. The summed E-state index contributed by atoms with van der Waals surface area (Å²) in [7, 11) is 0. The fourth-order valence-corrected chi connectivity index (χ4v) is 3.31. The minimum Gasteiger partial charge on any atom is -0.472 e. The molecule has 0 unspecified atom stereocenters. The lowest BCUT2D eigenvalue weighted by Gasteiger charge is -2.37. The van der Waals surface area contributed by atoms with Crippen molar-refractivity contribution in [3.63, 3.8) is 0 Å². The molecule has 0 bridgehead atoms. The number of carbonyl (C=O) groups is 2. The molecule has 1 N–H and O–H groups in total. The summed E-state index contributed by atoms with van der Waals surface area (Å²) in [5, 5.41) is 2.89. The van der Waals surface area contributed by atoms with E-state index in [1.54, 1.807) is 11.0 Å². The van der Waals surface area contributed by atoms with Crippen LogP contribution >= 0.6 is 0 Å². The highest BCUT2D eigenvalue weighted by atomic mass is 16.3. The van der Waals surface area contributed by atoms with Crippen molar-refractivity contribution in [3.05, 3.63) is 60.1 Å². The first-order valence-electron chi connectivity index (χ1n) is 8.33. The van der Waals surface area contributed by atoms with Crippen molar-refractivity contribution >= 4 is 11.8 Å². The zero-order valence-corrected chi connectivity index (χ0v) is 13.8. The van der Waals surface area contributed by atoms with Crippen molar-refractivity contribution in [1.82, 2.24) is 10.2 Å². The number of benzene rings is 1. The highest BCUT2D eigenvalue weighted by Gasteiger charge is 2.34. The van der Waals surface area contributed by atoms with E-state index >= 15 is 0 Å². The molecule has 2 aromatic rings. The summed E-state index contributed by atoms with van der Waals surface area (Å²) in [6, 6.07) is 11.7. The molecule has 1 saturated heterocycles. The van der Waals surface area contributed by atoms with Gasteiger partial charge in [0.25, 0.3) is 5.91 Å². The van der Waals surface area contributed by atoms with Gasteiger partial charge in [-0.15, -0.1) is 0 Å². The summed E-state index contributed by atoms with van der Waals surface area (Å²) in [6.45, 7) is 3.56. The van der Waals surface area contributed by atoms with E-state index in [2.05, 4.69) is 17.4 Å². The van der Waals surface area contributed by atoms with Crippen LogP contribution in [0.2, 0.25) is 0 Å². The Morgan fingerprint density at radius 1 is 1.21 bits per heavy atom. The largest absolute Gasteiger partial charge is 0.472 e. The topological polar surface area (TPSA) is 62.6 Å². The molecular formula is C19H22N2O3. The third kappa shape index (κ3) is 3.50. The van der Waals surface area contributed by atoms with E-state index < -0.39 is 0 Å². The van der Waals surface area contributed by atoms with Crippen molar-refractivity contribution in [1.29, 1.82) is 0 Å². The first-order valence-corrected chi connectivity index (χ1v) is 8.33. The molecular weight excluding hydrogens is 304 g/mol. The van der Waals surface area contributed by atoms with Gasteiger partial charge < -0.3 is 14.6 Å². The highest BCUT2D eigenvalue weighted by Crippen LogP contribution is 2.31. The van der Waals surface area contributed by atoms with Crippen LogP contribution in [-0.4, -0.2) is 36.3 Å². The maximum absolute atomic E-state index is 12.7. The van der Waals surface area contributed by atoms with Crippen LogP contribution in [0.15, 0.2) is 53.3 Å². The zero-order chi connectivity index (χ0) is 16.9. The Labute approximate surface area is 141 Å². The predicted molar refractivity (Wildman–Crippen MR) is 90.6 cm³/mol. The number of rotatable bonds is 4. The van der Waals surface area contributed by atoms with E-state index in [-0.39, 0.29) is 23.7 Å². The molecule has 1 aliphatic rings. The Morgan fingerprint density at radius 3 is 2.67 bits per heavy atom. The van der Waals surface area contributed by atoms with Gasteiger partial charge in [-0.2, -0.15) is 0 Å². The summed E-state index contributed by atoms with van der Waals surface area (Å²) in [4.78, 5) is 26.8. The average Bonchev–Trinajstić information content (AvgIpc) is 3.16. The Kier molecular flexibility index (Phi) is 4.99. The Morgan fingerprint density at radius 2 is 2.00 bits per heavy atom. The van der Waals surface area contributed by atoms with E-state index in [9.17, 15) is 9.59 Å². The molecule has 3 rings (SSSR count). The third-order valence-corrected chi connectivity index (χ3v) is 4.50. The SMILES string of the molecule is CCNC(=O)[C@H]1C[C@H](c2ccccc2)CN(C(=O)c2ccoc2)C1. The molecule has 5 heteroatoms. The second-order valence-corrected chi connectivity index (χ2v) is 6.16. The van der Waals surface area contributed by atoms with Crippen LogP contribution in [0, 0.1) is 5.92 Å². The number of amides is 2. The highest BCUT2D eigenvalue weighted by molar-refractivity contribution is 5.94. The molecule has 2 atom stereocenters. The van der Waals surface area contributed by atoms with E-state index in [0.29, 0.717) is 25.2 Å². The number of furan rings is 1. The van der Waals surface area contributed by atoms with Gasteiger partial charge in [0.05, 0.1) is 17.7 Å². The number of nitrogens with one attached hydrogen (secondary N) is 1. The number of nitrogens with zero attached hydrogens (tertiary/aromatic N) is 1. The molecule has 0 aliphatic carbocycles. The van der Waals surface area contributed by atoms with Gasteiger partial charge in [-0.25, -0.2) is 0 Å². The second kappa shape index (κ2) is 7.34. The molecule has 126 valence electrons. The minimum atomic E-state index is -0.195. The molecule has 1 aliphatic heterocycles. The maximum Gasteiger partial charge on any atom is 0.257 e. The third-order valence-electron chi connectivity index (χ3n) is 4.50. The summed E-state index contributed by atoms with van der Waals surface area (Å²) in [6.07, 6.45) is 3.70. The normalized spacial score (nSPS) is 20.6. The Balaban J connectivity index is 1.83. The smallest absolute Gasteiger partial charge is 0.257 e. The van der Waals surface area contributed by atoms with Crippen molar-refractivity contribution in [3.8, 4) is 0 Å². The zero-order valence-electron chi connectivity index (χ0n) is 13.8. The van der Waals surface area contributed by atoms with Crippen LogP contribution in [0.1, 0.15) is 35.2 Å². The summed E-state index contributed by atoms with van der Waals surface area (Å²) < 4.78 is 5.02. The van der Waals surface area contributed by atoms with Gasteiger partial charge in [-0.05, 0) is 25.0 Å². The molecule has 0 radical (unpaired) electrons. The number of carbonyl (C=O) groups excluding carboxylic acids is 2. The van der Waals surface area contributed by atoms with Crippen molar-refractivity contribution < 1.29 is 14.0 Å². The lowest BCUT2D eigenvalue weighted by atomic mass is 9.84. The van der Waals surface area contributed by atoms with E-state index in [4.69, 9.17) is 4.42 Å². The predicted octanol–water partition coefficient (Wildman–Crippen LogP) is 2.66. The quantitative estimate of drug-likeness (QED) is 0.939. The van der Waals surface area contributed by atoms with Crippen LogP contribution in [-0.2, 0) is 4.79 Å². The Hall–Kier alpha value is -2.56. The van der Waals surface area contributed by atoms with Crippen LogP contribution in [0.5, 0.6) is 0 Å². The fraction of sp³-hybridized carbons (Fsp3) is 0.368. The summed E-state index contributed by atoms with van der Waals surface area (Å²) in [5.74, 6) is -0.107. The van der Waals surface area contributed by atoms with E-state index in [1.807, 2.05) is 25.1 Å². The van der Waals surface area contributed by atoms with Crippen LogP contribution < -0.4 is 5.32 Å². The van der Waals surface area contributed by atoms with Gasteiger partial charge in [0.15, 0.2) is 0 Å². The van der Waals surface area contributed by atoms with Gasteiger partial charge in [-0.3, -0.25) is 9.59 Å². The molecule has 1 aromatic heterocycles. The van der Waals surface area contributed by atoms with E-state index in [0.717, 1.165) is 12.0 Å². The average molecular weight is 326 g/mol. The monoisotopic (exact) mass is 326 g/mol. The van der Waals surface area contributed by atoms with Gasteiger partial charge in [0.1, 0.15) is 6.26 Å². The summed E-state index contributed by atoms with van der Waals surface area (Å²) >= 11 is 0. The van der Waals surface area contributed by atoms with Crippen LogP contribution in [0.3, 0.4) is 0 Å². The molecule has 0 spiro atoms. The minimum absolute atomic E-state index is 0.0168. The summed E-state index contributed by atoms with van der Waals surface area (Å²) in [5.41, 5.74) is 1.69. The fourth-order valence-electron chi connectivity index (χ4n) is 3.31. The maximum atomic E-state index is 12.7. The van der Waals surface area contributed by atoms with Crippen molar-refractivity contribution in [2.24, 2.45) is 5.92 Å². The van der Waals surface area contributed by atoms with E-state index in [1.165, 1.54) is 12.5 Å². The van der Waals surface area contributed by atoms with Gasteiger partial charge >= 0.3 is 0 Å². The van der Waals surface area contributed by atoms with Crippen LogP contribution in [0.4, 0.5) is 0 Å². The molecule has 1 aromatic carbocycles. The van der Waals surface area contributed by atoms with Crippen LogP contribution in [0.25, 0.3) is 0 Å². The molecule has 24 heavy (non-hydrogen) atoms. The first kappa shape index (κ1) is 16.3. The number of hydrogen-bond donors (Lipinski definition) is 1. The van der Waals surface area contributed by atoms with Crippen molar-refractivity contribution in [2.75, 3.05) is 19.6 Å². The molecule has 1 fully saturated rings. The molecule has 0 saturated carbocycles. The number of hydrogen-bond acceptors (Lipinski definition) is 3.